The first-order chi connectivity index (χ1) is 8.72. The molecule has 2 rings (SSSR count). The molecule has 0 radical (unpaired) electrons. The summed E-state index contributed by atoms with van der Waals surface area (Å²) in [6.07, 6.45) is 8.77. The summed E-state index contributed by atoms with van der Waals surface area (Å²) in [6, 6.07) is 0.450. The van der Waals surface area contributed by atoms with Gasteiger partial charge in [-0.15, -0.1) is 0 Å². The Morgan fingerprint density at radius 2 is 2.28 bits per heavy atom. The third kappa shape index (κ3) is 2.78. The molecular weight excluding hydrogens is 230 g/mol. The molecule has 0 saturated carbocycles. The highest BCUT2D eigenvalue weighted by Crippen LogP contribution is 2.23. The Morgan fingerprint density at radius 3 is 3.00 bits per heavy atom. The lowest BCUT2D eigenvalue weighted by molar-refractivity contribution is 0.0690. The third-order valence-electron chi connectivity index (χ3n) is 3.48. The molecule has 1 unspecified atom stereocenters. The van der Waals surface area contributed by atoms with E-state index in [0.29, 0.717) is 11.9 Å². The Balaban J connectivity index is 2.26. The van der Waals surface area contributed by atoms with Gasteiger partial charge >= 0.3 is 5.97 Å². The van der Waals surface area contributed by atoms with Gasteiger partial charge in [0.05, 0.1) is 12.4 Å². The van der Waals surface area contributed by atoms with Gasteiger partial charge in [0.25, 0.3) is 0 Å². The molecule has 0 spiro atoms. The number of aromatic carboxylic acids is 1. The smallest absolute Gasteiger partial charge is 0.356 e. The molecule has 2 heterocycles. The van der Waals surface area contributed by atoms with E-state index in [9.17, 15) is 4.79 Å². The van der Waals surface area contributed by atoms with Crippen molar-refractivity contribution >= 4 is 11.8 Å². The van der Waals surface area contributed by atoms with Crippen LogP contribution >= 0.6 is 0 Å². The predicted octanol–water partition coefficient (Wildman–Crippen LogP) is 2.33. The zero-order valence-electron chi connectivity index (χ0n) is 10.7. The molecule has 18 heavy (non-hydrogen) atoms. The van der Waals surface area contributed by atoms with Crippen LogP contribution in [-0.4, -0.2) is 33.6 Å². The Labute approximate surface area is 107 Å². The fourth-order valence-corrected chi connectivity index (χ4v) is 2.50. The maximum absolute atomic E-state index is 10.9. The van der Waals surface area contributed by atoms with Crippen LogP contribution in [0.3, 0.4) is 0 Å². The molecule has 1 atom stereocenters. The molecule has 1 saturated heterocycles. The molecule has 1 aliphatic rings. The summed E-state index contributed by atoms with van der Waals surface area (Å²) < 4.78 is 0. The van der Waals surface area contributed by atoms with Gasteiger partial charge < -0.3 is 10.0 Å². The van der Waals surface area contributed by atoms with Crippen LogP contribution in [0.2, 0.25) is 0 Å². The number of carboxylic acids is 1. The first kappa shape index (κ1) is 12.8. The predicted molar refractivity (Wildman–Crippen MR) is 68.9 cm³/mol. The number of hydrogen-bond acceptors (Lipinski definition) is 4. The molecule has 1 fully saturated rings. The summed E-state index contributed by atoms with van der Waals surface area (Å²) in [7, 11) is 0. The summed E-state index contributed by atoms with van der Waals surface area (Å²) in [6.45, 7) is 3.10. The van der Waals surface area contributed by atoms with Crippen molar-refractivity contribution in [3.8, 4) is 0 Å². The molecule has 1 N–H and O–H groups in total. The Hall–Kier alpha value is -1.65. The maximum atomic E-state index is 10.9. The van der Waals surface area contributed by atoms with Gasteiger partial charge in [-0.2, -0.15) is 0 Å². The van der Waals surface area contributed by atoms with Gasteiger partial charge in [-0.05, 0) is 19.3 Å². The van der Waals surface area contributed by atoms with E-state index < -0.39 is 5.97 Å². The molecule has 98 valence electrons. The molecule has 1 aromatic rings. The van der Waals surface area contributed by atoms with Crippen LogP contribution in [0, 0.1) is 0 Å². The Bertz CT molecular complexity index is 422. The topological polar surface area (TPSA) is 66.3 Å². The normalized spacial score (nSPS) is 20.5. The van der Waals surface area contributed by atoms with Gasteiger partial charge in [-0.3, -0.25) is 4.98 Å². The molecule has 0 bridgehead atoms. The first-order valence-corrected chi connectivity index (χ1v) is 6.54. The van der Waals surface area contributed by atoms with Gasteiger partial charge in [-0.1, -0.05) is 19.8 Å². The number of rotatable bonds is 3. The molecule has 5 nitrogen and oxygen atoms in total. The van der Waals surface area contributed by atoms with Crippen molar-refractivity contribution in [3.05, 3.63) is 18.1 Å². The number of nitrogens with zero attached hydrogens (tertiary/aromatic N) is 3. The number of carbonyl (C=O) groups is 1. The zero-order chi connectivity index (χ0) is 13.0. The average Bonchev–Trinajstić information content (AvgIpc) is 2.63. The van der Waals surface area contributed by atoms with Crippen LogP contribution in [-0.2, 0) is 0 Å². The first-order valence-electron chi connectivity index (χ1n) is 6.54. The van der Waals surface area contributed by atoms with Gasteiger partial charge in [0.2, 0.25) is 0 Å². The second-order valence-corrected chi connectivity index (χ2v) is 4.67. The number of aromatic nitrogens is 2. The zero-order valence-corrected chi connectivity index (χ0v) is 10.7. The van der Waals surface area contributed by atoms with Crippen molar-refractivity contribution < 1.29 is 9.90 Å². The lowest BCUT2D eigenvalue weighted by Gasteiger charge is -2.30. The van der Waals surface area contributed by atoms with Crippen molar-refractivity contribution in [1.82, 2.24) is 9.97 Å². The Kier molecular flexibility index (Phi) is 4.12. The molecule has 0 aliphatic carbocycles. The second kappa shape index (κ2) is 5.80. The quantitative estimate of drug-likeness (QED) is 0.890. The van der Waals surface area contributed by atoms with E-state index in [1.807, 2.05) is 0 Å². The largest absolute Gasteiger partial charge is 0.476 e. The highest BCUT2D eigenvalue weighted by Gasteiger charge is 2.21. The monoisotopic (exact) mass is 249 g/mol. The average molecular weight is 249 g/mol. The van der Waals surface area contributed by atoms with Crippen LogP contribution in [0.1, 0.15) is 49.5 Å². The van der Waals surface area contributed by atoms with Gasteiger partial charge in [0.15, 0.2) is 5.69 Å². The molecular formula is C13H19N3O2. The standard InChI is InChI=1S/C13H19N3O2/c1-2-10-6-4-3-5-7-16(10)12-9-14-8-11(15-12)13(17)18/h8-10H,2-7H2,1H3,(H,17,18). The van der Waals surface area contributed by atoms with E-state index in [-0.39, 0.29) is 5.69 Å². The van der Waals surface area contributed by atoms with E-state index in [1.54, 1.807) is 6.20 Å². The maximum Gasteiger partial charge on any atom is 0.356 e. The fourth-order valence-electron chi connectivity index (χ4n) is 2.50. The van der Waals surface area contributed by atoms with E-state index in [4.69, 9.17) is 5.11 Å². The number of hydrogen-bond donors (Lipinski definition) is 1. The molecule has 1 aliphatic heterocycles. The lowest BCUT2D eigenvalue weighted by Crippen LogP contribution is -2.35. The summed E-state index contributed by atoms with van der Waals surface area (Å²) in [5.41, 5.74) is 0.0200. The van der Waals surface area contributed by atoms with Crippen molar-refractivity contribution in [3.63, 3.8) is 0 Å². The summed E-state index contributed by atoms with van der Waals surface area (Å²) in [5, 5.41) is 8.97. The van der Waals surface area contributed by atoms with Crippen molar-refractivity contribution in [2.24, 2.45) is 0 Å². The van der Waals surface area contributed by atoms with Crippen LogP contribution < -0.4 is 4.90 Å². The van der Waals surface area contributed by atoms with Crippen molar-refractivity contribution in [2.45, 2.75) is 45.1 Å². The van der Waals surface area contributed by atoms with Gasteiger partial charge in [0.1, 0.15) is 5.82 Å². The van der Waals surface area contributed by atoms with E-state index in [0.717, 1.165) is 25.8 Å². The highest BCUT2D eigenvalue weighted by atomic mass is 16.4. The Morgan fingerprint density at radius 1 is 1.44 bits per heavy atom. The van der Waals surface area contributed by atoms with Crippen molar-refractivity contribution in [2.75, 3.05) is 11.4 Å². The number of carboxylic acid groups (broad SMARTS) is 1. The van der Waals surface area contributed by atoms with E-state index in [1.165, 1.54) is 19.0 Å². The molecule has 5 heteroatoms. The summed E-state index contributed by atoms with van der Waals surface area (Å²) in [4.78, 5) is 21.3. The van der Waals surface area contributed by atoms with Crippen LogP contribution in [0.15, 0.2) is 12.4 Å². The van der Waals surface area contributed by atoms with Crippen LogP contribution in [0.4, 0.5) is 5.82 Å². The minimum absolute atomic E-state index is 0.0200. The van der Waals surface area contributed by atoms with E-state index in [2.05, 4.69) is 21.8 Å². The minimum atomic E-state index is -1.02. The molecule has 0 amide bonds. The second-order valence-electron chi connectivity index (χ2n) is 4.67. The van der Waals surface area contributed by atoms with Crippen LogP contribution in [0.5, 0.6) is 0 Å². The minimum Gasteiger partial charge on any atom is -0.476 e. The van der Waals surface area contributed by atoms with Crippen molar-refractivity contribution in [1.29, 1.82) is 0 Å². The SMILES string of the molecule is CCC1CCCCCN1c1cncc(C(=O)O)n1. The summed E-state index contributed by atoms with van der Waals surface area (Å²) in [5.74, 6) is -0.323. The van der Waals surface area contributed by atoms with E-state index >= 15 is 0 Å². The lowest BCUT2D eigenvalue weighted by atomic mass is 10.1. The number of anilines is 1. The molecule has 0 aromatic carbocycles. The van der Waals surface area contributed by atoms with Gasteiger partial charge in [-0.25, -0.2) is 9.78 Å². The van der Waals surface area contributed by atoms with Crippen LogP contribution in [0.25, 0.3) is 0 Å². The molecule has 1 aromatic heterocycles. The highest BCUT2D eigenvalue weighted by molar-refractivity contribution is 5.85. The third-order valence-corrected chi connectivity index (χ3v) is 3.48. The van der Waals surface area contributed by atoms with Gasteiger partial charge in [0, 0.05) is 12.6 Å². The summed E-state index contributed by atoms with van der Waals surface area (Å²) >= 11 is 0. The fraction of sp³-hybridized carbons (Fsp3) is 0.615.